The molecule has 131 valence electrons. The summed E-state index contributed by atoms with van der Waals surface area (Å²) in [5.41, 5.74) is 4.23. The minimum Gasteiger partial charge on any atom is -0.498 e. The van der Waals surface area contributed by atoms with Crippen molar-refractivity contribution in [3.8, 4) is 0 Å². The van der Waals surface area contributed by atoms with Crippen LogP contribution in [0.3, 0.4) is 0 Å². The third kappa shape index (κ3) is 5.08. The molecule has 1 saturated heterocycles. The SMILES string of the molecule is [CH2-]c1cc(N2C[C@H](CNC(C)=O)OC2=O)ccc1CC1=[C-]CCC1.[Y]. The Hall–Kier alpha value is -1.33. The Morgan fingerprint density at radius 2 is 2.28 bits per heavy atom. The standard InChI is InChI=1S/C19H22N2O3.Y/c1-13-9-17(8-7-16(13)10-15-5-3-4-6-15)21-12-18(24-19(21)23)11-20-14(2)22;/h7-9,18H,1,3-5,10-12H2,2H3,(H,20,22);/q-2;/t18-;/m0./s1. The molecule has 6 heteroatoms. The minimum atomic E-state index is -0.385. The molecule has 1 aromatic rings. The summed E-state index contributed by atoms with van der Waals surface area (Å²) in [5, 5.41) is 2.68. The van der Waals surface area contributed by atoms with Crippen molar-refractivity contribution in [3.05, 3.63) is 47.9 Å². The zero-order valence-electron chi connectivity index (χ0n) is 14.5. The maximum atomic E-state index is 12.1. The summed E-state index contributed by atoms with van der Waals surface area (Å²) in [4.78, 5) is 24.6. The number of allylic oxidation sites excluding steroid dienone is 2. The maximum absolute atomic E-state index is 12.1. The van der Waals surface area contributed by atoms with E-state index < -0.39 is 0 Å². The molecular formula is C19H22N2O3Y-2. The third-order valence-corrected chi connectivity index (χ3v) is 4.39. The molecule has 0 spiro atoms. The molecule has 1 radical (unpaired) electrons. The van der Waals surface area contributed by atoms with Gasteiger partial charge >= 0.3 is 6.09 Å². The Kier molecular flexibility index (Phi) is 7.08. The molecule has 2 aliphatic rings. The number of rotatable bonds is 5. The zero-order valence-corrected chi connectivity index (χ0v) is 17.3. The molecule has 1 aliphatic carbocycles. The van der Waals surface area contributed by atoms with E-state index >= 15 is 0 Å². The number of carbonyl (C=O) groups is 2. The molecular weight excluding hydrogens is 393 g/mol. The van der Waals surface area contributed by atoms with Crippen LogP contribution in [0, 0.1) is 13.0 Å². The van der Waals surface area contributed by atoms with Gasteiger partial charge in [0, 0.05) is 39.6 Å². The topological polar surface area (TPSA) is 58.6 Å². The van der Waals surface area contributed by atoms with Crippen LogP contribution in [0.1, 0.15) is 37.3 Å². The number of ether oxygens (including phenoxy) is 1. The summed E-state index contributed by atoms with van der Waals surface area (Å²) in [6.45, 7) is 6.32. The van der Waals surface area contributed by atoms with Crippen LogP contribution < -0.4 is 10.2 Å². The second-order valence-corrected chi connectivity index (χ2v) is 6.32. The first-order chi connectivity index (χ1) is 11.5. The fourth-order valence-corrected chi connectivity index (χ4v) is 3.09. The molecule has 1 atom stereocenters. The summed E-state index contributed by atoms with van der Waals surface area (Å²) >= 11 is 0. The molecule has 0 unspecified atom stereocenters. The summed E-state index contributed by atoms with van der Waals surface area (Å²) < 4.78 is 5.29. The number of nitrogens with zero attached hydrogens (tertiary/aromatic N) is 1. The summed E-state index contributed by atoms with van der Waals surface area (Å²) in [6, 6.07) is 5.88. The Balaban J connectivity index is 0.00000225. The van der Waals surface area contributed by atoms with E-state index in [9.17, 15) is 9.59 Å². The van der Waals surface area contributed by atoms with Crippen molar-refractivity contribution in [1.29, 1.82) is 0 Å². The van der Waals surface area contributed by atoms with Crippen molar-refractivity contribution in [3.63, 3.8) is 0 Å². The van der Waals surface area contributed by atoms with Crippen molar-refractivity contribution in [2.24, 2.45) is 0 Å². The van der Waals surface area contributed by atoms with Gasteiger partial charge in [-0.05, 0) is 5.69 Å². The molecule has 1 aromatic carbocycles. The van der Waals surface area contributed by atoms with E-state index in [0.29, 0.717) is 13.1 Å². The Labute approximate surface area is 174 Å². The van der Waals surface area contributed by atoms with Crippen molar-refractivity contribution >= 4 is 17.7 Å². The van der Waals surface area contributed by atoms with Gasteiger partial charge in [0.05, 0.1) is 13.1 Å². The Morgan fingerprint density at radius 3 is 2.92 bits per heavy atom. The normalized spacial score (nSPS) is 19.2. The molecule has 3 rings (SSSR count). The molecule has 0 aromatic heterocycles. The summed E-state index contributed by atoms with van der Waals surface area (Å²) in [5.74, 6) is -0.132. The van der Waals surface area contributed by atoms with E-state index in [2.05, 4.69) is 18.3 Å². The second kappa shape index (κ2) is 8.86. The van der Waals surface area contributed by atoms with Gasteiger partial charge < -0.3 is 16.1 Å². The number of cyclic esters (lactones) is 1. The number of anilines is 1. The summed E-state index contributed by atoms with van der Waals surface area (Å²) in [7, 11) is 0. The van der Waals surface area contributed by atoms with Gasteiger partial charge in [0.2, 0.25) is 5.91 Å². The number of amides is 2. The molecule has 1 aliphatic heterocycles. The van der Waals surface area contributed by atoms with Crippen molar-refractivity contribution in [2.75, 3.05) is 18.0 Å². The molecule has 1 fully saturated rings. The average molecular weight is 415 g/mol. The van der Waals surface area contributed by atoms with E-state index in [0.717, 1.165) is 30.5 Å². The molecule has 2 amide bonds. The quantitative estimate of drug-likeness (QED) is 0.753. The molecule has 25 heavy (non-hydrogen) atoms. The third-order valence-electron chi connectivity index (χ3n) is 4.39. The van der Waals surface area contributed by atoms with E-state index in [1.165, 1.54) is 24.5 Å². The predicted molar refractivity (Wildman–Crippen MR) is 91.5 cm³/mol. The van der Waals surface area contributed by atoms with Crippen LogP contribution in [0.15, 0.2) is 23.8 Å². The van der Waals surface area contributed by atoms with Crippen LogP contribution in [0.25, 0.3) is 0 Å². The largest absolute Gasteiger partial charge is 0.498 e. The van der Waals surface area contributed by atoms with Gasteiger partial charge in [0.15, 0.2) is 0 Å². The van der Waals surface area contributed by atoms with Gasteiger partial charge in [-0.1, -0.05) is 25.3 Å². The monoisotopic (exact) mass is 415 g/mol. The molecule has 1 N–H and O–H groups in total. The first-order valence-corrected chi connectivity index (χ1v) is 8.29. The van der Waals surface area contributed by atoms with Gasteiger partial charge in [-0.15, -0.1) is 17.7 Å². The smallest absolute Gasteiger partial charge is 0.413 e. The molecule has 0 saturated carbocycles. The van der Waals surface area contributed by atoms with Crippen LogP contribution in [-0.4, -0.2) is 31.2 Å². The molecule has 0 bridgehead atoms. The van der Waals surface area contributed by atoms with Crippen LogP contribution in [0.2, 0.25) is 0 Å². The first-order valence-electron chi connectivity index (χ1n) is 8.29. The van der Waals surface area contributed by atoms with E-state index in [4.69, 9.17) is 4.74 Å². The molecule has 1 heterocycles. The predicted octanol–water partition coefficient (Wildman–Crippen LogP) is 2.78. The van der Waals surface area contributed by atoms with E-state index in [1.54, 1.807) is 4.90 Å². The zero-order chi connectivity index (χ0) is 17.1. The van der Waals surface area contributed by atoms with E-state index in [1.807, 2.05) is 18.2 Å². The maximum Gasteiger partial charge on any atom is 0.413 e. The van der Waals surface area contributed by atoms with Crippen molar-refractivity contribution in [2.45, 2.75) is 38.7 Å². The van der Waals surface area contributed by atoms with Gasteiger partial charge in [0.25, 0.3) is 0 Å². The Bertz CT molecular complexity index is 687. The fraction of sp³-hybridized carbons (Fsp3) is 0.421. The first kappa shape index (κ1) is 20.0. The minimum absolute atomic E-state index is 0. The van der Waals surface area contributed by atoms with Gasteiger partial charge in [-0.25, -0.2) is 4.79 Å². The average Bonchev–Trinajstić information content (AvgIpc) is 3.17. The second-order valence-electron chi connectivity index (χ2n) is 6.32. The van der Waals surface area contributed by atoms with Crippen LogP contribution in [0.5, 0.6) is 0 Å². The van der Waals surface area contributed by atoms with Crippen LogP contribution in [0.4, 0.5) is 10.5 Å². The summed E-state index contributed by atoms with van der Waals surface area (Å²) in [6.07, 6.45) is 6.94. The van der Waals surface area contributed by atoms with Crippen molar-refractivity contribution in [1.82, 2.24) is 5.32 Å². The number of benzene rings is 1. The van der Waals surface area contributed by atoms with Crippen LogP contribution in [-0.2, 0) is 48.7 Å². The number of nitrogens with one attached hydrogen (secondary N) is 1. The van der Waals surface area contributed by atoms with Gasteiger partial charge in [0.1, 0.15) is 6.10 Å². The number of hydrogen-bond acceptors (Lipinski definition) is 3. The fourth-order valence-electron chi connectivity index (χ4n) is 3.09. The van der Waals surface area contributed by atoms with Crippen molar-refractivity contribution < 1.29 is 47.0 Å². The van der Waals surface area contributed by atoms with Gasteiger partial charge in [-0.2, -0.15) is 18.9 Å². The van der Waals surface area contributed by atoms with E-state index in [-0.39, 0.29) is 50.8 Å². The Morgan fingerprint density at radius 1 is 1.48 bits per heavy atom. The van der Waals surface area contributed by atoms with Crippen LogP contribution >= 0.6 is 0 Å². The number of carbonyl (C=O) groups excluding carboxylic acids is 2. The molecule has 5 nitrogen and oxygen atoms in total. The van der Waals surface area contributed by atoms with Gasteiger partial charge in [-0.3, -0.25) is 15.3 Å². The number of hydrogen-bond donors (Lipinski definition) is 1.